The normalized spacial score (nSPS) is 14.0. The molecular weight excluding hydrogens is 200 g/mol. The van der Waals surface area contributed by atoms with Gasteiger partial charge in [-0.2, -0.15) is 5.26 Å². The summed E-state index contributed by atoms with van der Waals surface area (Å²) >= 11 is 0. The van der Waals surface area contributed by atoms with E-state index in [4.69, 9.17) is 5.26 Å². The zero-order chi connectivity index (χ0) is 11.4. The summed E-state index contributed by atoms with van der Waals surface area (Å²) in [7, 11) is 1.99. The number of fused-ring (bicyclic) bond motifs is 1. The Morgan fingerprint density at radius 2 is 2.19 bits per heavy atom. The van der Waals surface area contributed by atoms with E-state index in [9.17, 15) is 0 Å². The molecule has 0 saturated carbocycles. The molecule has 1 heterocycles. The summed E-state index contributed by atoms with van der Waals surface area (Å²) in [6.07, 6.45) is 6.77. The van der Waals surface area contributed by atoms with Gasteiger partial charge in [-0.15, -0.1) is 0 Å². The molecule has 0 spiro atoms. The largest absolute Gasteiger partial charge is 0.358 e. The van der Waals surface area contributed by atoms with Gasteiger partial charge in [0.1, 0.15) is 12.1 Å². The van der Waals surface area contributed by atoms with Gasteiger partial charge < -0.3 is 4.90 Å². The predicted molar refractivity (Wildman–Crippen MR) is 62.2 cm³/mol. The molecule has 0 bridgehead atoms. The van der Waals surface area contributed by atoms with Crippen molar-refractivity contribution in [2.75, 3.05) is 18.5 Å². The Bertz CT molecular complexity index is 408. The van der Waals surface area contributed by atoms with Gasteiger partial charge in [0.15, 0.2) is 0 Å². The third-order valence-corrected chi connectivity index (χ3v) is 3.02. The van der Waals surface area contributed by atoms with E-state index in [1.54, 1.807) is 6.33 Å². The van der Waals surface area contributed by atoms with Gasteiger partial charge in [0.05, 0.1) is 12.5 Å². The zero-order valence-electron chi connectivity index (χ0n) is 9.61. The number of rotatable bonds is 3. The van der Waals surface area contributed by atoms with Crippen molar-refractivity contribution < 1.29 is 0 Å². The van der Waals surface area contributed by atoms with Crippen molar-refractivity contribution in [1.29, 1.82) is 5.26 Å². The molecule has 4 nitrogen and oxygen atoms in total. The molecule has 0 N–H and O–H groups in total. The van der Waals surface area contributed by atoms with Gasteiger partial charge in [0.25, 0.3) is 0 Å². The van der Waals surface area contributed by atoms with Crippen LogP contribution < -0.4 is 4.90 Å². The lowest BCUT2D eigenvalue weighted by molar-refractivity contribution is 0.658. The second-order valence-electron chi connectivity index (χ2n) is 4.16. The lowest BCUT2D eigenvalue weighted by atomic mass is 9.96. The Balaban J connectivity index is 2.23. The van der Waals surface area contributed by atoms with Gasteiger partial charge in [-0.1, -0.05) is 0 Å². The minimum Gasteiger partial charge on any atom is -0.358 e. The first-order valence-corrected chi connectivity index (χ1v) is 5.73. The molecule has 4 heteroatoms. The van der Waals surface area contributed by atoms with Crippen LogP contribution in [0.2, 0.25) is 0 Å². The molecule has 0 amide bonds. The third-order valence-electron chi connectivity index (χ3n) is 3.02. The second-order valence-corrected chi connectivity index (χ2v) is 4.16. The summed E-state index contributed by atoms with van der Waals surface area (Å²) in [5.74, 6) is 1.01. The molecule has 0 unspecified atom stereocenters. The van der Waals surface area contributed by atoms with Crippen LogP contribution >= 0.6 is 0 Å². The topological polar surface area (TPSA) is 52.8 Å². The van der Waals surface area contributed by atoms with Crippen LogP contribution in [0.25, 0.3) is 0 Å². The van der Waals surface area contributed by atoms with Crippen molar-refractivity contribution in [1.82, 2.24) is 9.97 Å². The minimum absolute atomic E-state index is 0.537. The number of nitrogens with zero attached hydrogens (tertiary/aromatic N) is 4. The summed E-state index contributed by atoms with van der Waals surface area (Å²) in [5.41, 5.74) is 2.48. The van der Waals surface area contributed by atoms with Gasteiger partial charge in [-0.05, 0) is 25.7 Å². The quantitative estimate of drug-likeness (QED) is 0.771. The van der Waals surface area contributed by atoms with E-state index in [0.717, 1.165) is 25.2 Å². The van der Waals surface area contributed by atoms with Crippen molar-refractivity contribution in [3.8, 4) is 6.07 Å². The van der Waals surface area contributed by atoms with E-state index >= 15 is 0 Å². The average Bonchev–Trinajstić information content (AvgIpc) is 2.35. The standard InChI is InChI=1S/C12H16N4/c1-16(8-4-7-13)12-10-5-2-3-6-11(10)14-9-15-12/h9H,2-6,8H2,1H3. The van der Waals surface area contributed by atoms with Crippen LogP contribution in [0, 0.1) is 11.3 Å². The first-order valence-electron chi connectivity index (χ1n) is 5.73. The van der Waals surface area contributed by atoms with Crippen LogP contribution in [0.5, 0.6) is 0 Å². The Kier molecular flexibility index (Phi) is 3.35. The van der Waals surface area contributed by atoms with Crippen LogP contribution in [-0.4, -0.2) is 23.6 Å². The van der Waals surface area contributed by atoms with Crippen LogP contribution in [-0.2, 0) is 12.8 Å². The molecule has 1 aromatic heterocycles. The molecule has 84 valence electrons. The fraction of sp³-hybridized carbons (Fsp3) is 0.583. The number of nitriles is 1. The van der Waals surface area contributed by atoms with E-state index in [1.165, 1.54) is 24.1 Å². The van der Waals surface area contributed by atoms with Gasteiger partial charge in [-0.3, -0.25) is 0 Å². The number of aromatic nitrogens is 2. The van der Waals surface area contributed by atoms with E-state index in [-0.39, 0.29) is 0 Å². The Labute approximate surface area is 95.9 Å². The van der Waals surface area contributed by atoms with Gasteiger partial charge >= 0.3 is 0 Å². The van der Waals surface area contributed by atoms with E-state index < -0.39 is 0 Å². The van der Waals surface area contributed by atoms with E-state index in [0.29, 0.717) is 6.42 Å². The highest BCUT2D eigenvalue weighted by molar-refractivity contribution is 5.48. The third kappa shape index (κ3) is 2.13. The zero-order valence-corrected chi connectivity index (χ0v) is 9.61. The summed E-state index contributed by atoms with van der Waals surface area (Å²) in [5, 5.41) is 8.59. The summed E-state index contributed by atoms with van der Waals surface area (Å²) < 4.78 is 0. The van der Waals surface area contributed by atoms with Crippen LogP contribution in [0.4, 0.5) is 5.82 Å². The molecule has 1 aromatic rings. The monoisotopic (exact) mass is 216 g/mol. The molecule has 16 heavy (non-hydrogen) atoms. The fourth-order valence-electron chi connectivity index (χ4n) is 2.16. The predicted octanol–water partition coefficient (Wildman–Crippen LogP) is 1.71. The van der Waals surface area contributed by atoms with E-state index in [2.05, 4.69) is 20.9 Å². The van der Waals surface area contributed by atoms with Crippen molar-refractivity contribution in [2.24, 2.45) is 0 Å². The number of hydrogen-bond acceptors (Lipinski definition) is 4. The SMILES string of the molecule is CN(CCC#N)c1ncnc2c1CCCC2. The summed E-state index contributed by atoms with van der Waals surface area (Å²) in [4.78, 5) is 10.8. The minimum atomic E-state index is 0.537. The first-order chi connectivity index (χ1) is 7.83. The van der Waals surface area contributed by atoms with Crippen molar-refractivity contribution >= 4 is 5.82 Å². The van der Waals surface area contributed by atoms with Gasteiger partial charge in [-0.25, -0.2) is 9.97 Å². The summed E-state index contributed by atoms with van der Waals surface area (Å²) in [6, 6.07) is 2.16. The number of hydrogen-bond donors (Lipinski definition) is 0. The molecule has 1 aliphatic carbocycles. The lowest BCUT2D eigenvalue weighted by Gasteiger charge is -2.23. The first kappa shape index (κ1) is 10.9. The smallest absolute Gasteiger partial charge is 0.135 e. The molecule has 2 rings (SSSR count). The molecule has 0 saturated heterocycles. The number of anilines is 1. The molecular formula is C12H16N4. The maximum absolute atomic E-state index is 8.59. The molecule has 0 radical (unpaired) electrons. The highest BCUT2D eigenvalue weighted by Gasteiger charge is 2.17. The Morgan fingerprint density at radius 3 is 3.00 bits per heavy atom. The molecule has 0 atom stereocenters. The average molecular weight is 216 g/mol. The van der Waals surface area contributed by atoms with Crippen LogP contribution in [0.15, 0.2) is 6.33 Å². The van der Waals surface area contributed by atoms with Gasteiger partial charge in [0, 0.05) is 24.8 Å². The highest BCUT2D eigenvalue weighted by atomic mass is 15.2. The van der Waals surface area contributed by atoms with Gasteiger partial charge in [0.2, 0.25) is 0 Å². The lowest BCUT2D eigenvalue weighted by Crippen LogP contribution is -2.23. The Morgan fingerprint density at radius 1 is 1.38 bits per heavy atom. The van der Waals surface area contributed by atoms with Crippen molar-refractivity contribution in [3.05, 3.63) is 17.6 Å². The number of aryl methyl sites for hydroxylation is 1. The maximum Gasteiger partial charge on any atom is 0.135 e. The molecule has 0 aromatic carbocycles. The Hall–Kier alpha value is -1.63. The maximum atomic E-state index is 8.59. The van der Waals surface area contributed by atoms with Crippen LogP contribution in [0.1, 0.15) is 30.5 Å². The van der Waals surface area contributed by atoms with Crippen LogP contribution in [0.3, 0.4) is 0 Å². The molecule has 0 fully saturated rings. The molecule has 0 aliphatic heterocycles. The molecule has 1 aliphatic rings. The summed E-state index contributed by atoms with van der Waals surface area (Å²) in [6.45, 7) is 0.736. The highest BCUT2D eigenvalue weighted by Crippen LogP contribution is 2.26. The van der Waals surface area contributed by atoms with Crippen molar-refractivity contribution in [3.63, 3.8) is 0 Å². The van der Waals surface area contributed by atoms with E-state index in [1.807, 2.05) is 7.05 Å². The fourth-order valence-corrected chi connectivity index (χ4v) is 2.16. The van der Waals surface area contributed by atoms with Crippen molar-refractivity contribution in [2.45, 2.75) is 32.1 Å². The second kappa shape index (κ2) is 4.93.